The molecule has 2 aliphatic carbocycles. The minimum Gasteiger partial charge on any atom is -0.342 e. The predicted molar refractivity (Wildman–Crippen MR) is 132 cm³/mol. The number of piperidine rings is 2. The lowest BCUT2D eigenvalue weighted by Gasteiger charge is -2.50. The fourth-order valence-corrected chi connectivity index (χ4v) is 7.38. The third-order valence-corrected chi connectivity index (χ3v) is 9.88. The van der Waals surface area contributed by atoms with Crippen molar-refractivity contribution in [2.75, 3.05) is 13.6 Å². The lowest BCUT2D eigenvalue weighted by Crippen LogP contribution is -2.60. The largest absolute Gasteiger partial charge is 0.342 e. The van der Waals surface area contributed by atoms with Crippen LogP contribution in [0.15, 0.2) is 0 Å². The van der Waals surface area contributed by atoms with Crippen LogP contribution in [0.25, 0.3) is 0 Å². The van der Waals surface area contributed by atoms with Gasteiger partial charge in [-0.3, -0.25) is 14.9 Å². The molecule has 0 bridgehead atoms. The van der Waals surface area contributed by atoms with Crippen LogP contribution in [0, 0.1) is 29.6 Å². The molecule has 4 amide bonds. The van der Waals surface area contributed by atoms with Gasteiger partial charge in [0, 0.05) is 48.4 Å². The van der Waals surface area contributed by atoms with Gasteiger partial charge < -0.3 is 15.5 Å². The first-order valence-corrected chi connectivity index (χ1v) is 13.9. The highest BCUT2D eigenvalue weighted by Crippen LogP contribution is 2.43. The summed E-state index contributed by atoms with van der Waals surface area (Å²) >= 11 is 3.61. The van der Waals surface area contributed by atoms with E-state index in [9.17, 15) is 14.4 Å². The number of nitrogens with one attached hydrogen (secondary N) is 3. The molecule has 2 aliphatic heterocycles. The number of nitrogens with zero attached hydrogens (tertiary/aromatic N) is 1. The van der Waals surface area contributed by atoms with E-state index in [-0.39, 0.29) is 41.6 Å². The van der Waals surface area contributed by atoms with E-state index in [1.807, 2.05) is 11.9 Å². The van der Waals surface area contributed by atoms with Crippen LogP contribution < -0.4 is 16.0 Å². The van der Waals surface area contributed by atoms with Crippen LogP contribution in [0.4, 0.5) is 4.79 Å². The standard InChI is InChI=1S/C25H41BrN4O3/c1-14-4-9-19(28-25(33)29-23(31)16-5-7-18(26)8-6-16)12-20(14)21-11-17-13-27-15(2)10-22(17)30(3)24(21)32/h14-22,27H,4-13H2,1-3H3,(H2,28,29,31,33). The van der Waals surface area contributed by atoms with Gasteiger partial charge in [0.05, 0.1) is 0 Å². The lowest BCUT2D eigenvalue weighted by molar-refractivity contribution is -0.148. The van der Waals surface area contributed by atoms with Crippen molar-refractivity contribution in [2.45, 2.75) is 94.6 Å². The van der Waals surface area contributed by atoms with Crippen molar-refractivity contribution in [2.24, 2.45) is 29.6 Å². The lowest BCUT2D eigenvalue weighted by atomic mass is 9.65. The number of halogens is 1. The highest BCUT2D eigenvalue weighted by atomic mass is 79.9. The fraction of sp³-hybridized carbons (Fsp3) is 0.880. The third-order valence-electron chi connectivity index (χ3n) is 8.96. The first kappa shape index (κ1) is 25.0. The Labute approximate surface area is 206 Å². The summed E-state index contributed by atoms with van der Waals surface area (Å²) < 4.78 is 0. The molecule has 0 aromatic carbocycles. The summed E-state index contributed by atoms with van der Waals surface area (Å²) in [5, 5.41) is 9.24. The van der Waals surface area contributed by atoms with Gasteiger partial charge in [0.1, 0.15) is 0 Å². The molecule has 8 heteroatoms. The monoisotopic (exact) mass is 524 g/mol. The Kier molecular flexibility index (Phi) is 8.04. The molecule has 186 valence electrons. The van der Waals surface area contributed by atoms with Crippen molar-refractivity contribution >= 4 is 33.8 Å². The maximum absolute atomic E-state index is 13.4. The minimum atomic E-state index is -0.378. The van der Waals surface area contributed by atoms with Gasteiger partial charge in [-0.05, 0) is 82.5 Å². The van der Waals surface area contributed by atoms with E-state index < -0.39 is 0 Å². The Hall–Kier alpha value is -1.15. The molecule has 7 nitrogen and oxygen atoms in total. The Morgan fingerprint density at radius 1 is 1.03 bits per heavy atom. The quantitative estimate of drug-likeness (QED) is 0.493. The third kappa shape index (κ3) is 5.75. The zero-order valence-electron chi connectivity index (χ0n) is 20.3. The number of imide groups is 1. The molecule has 7 unspecified atom stereocenters. The van der Waals surface area contributed by atoms with Crippen LogP contribution in [0.3, 0.4) is 0 Å². The molecule has 4 aliphatic rings. The Balaban J connectivity index is 1.32. The van der Waals surface area contributed by atoms with Crippen LogP contribution in [-0.4, -0.2) is 59.3 Å². The van der Waals surface area contributed by atoms with Crippen molar-refractivity contribution in [1.29, 1.82) is 0 Å². The second-order valence-corrected chi connectivity index (χ2v) is 12.5. The second kappa shape index (κ2) is 10.6. The Morgan fingerprint density at radius 3 is 2.48 bits per heavy atom. The summed E-state index contributed by atoms with van der Waals surface area (Å²) in [6, 6.07) is 0.430. The van der Waals surface area contributed by atoms with Crippen molar-refractivity contribution in [3.05, 3.63) is 0 Å². The number of carbonyl (C=O) groups excluding carboxylic acids is 3. The van der Waals surface area contributed by atoms with Gasteiger partial charge in [0.2, 0.25) is 11.8 Å². The molecule has 0 aromatic rings. The van der Waals surface area contributed by atoms with Gasteiger partial charge in [-0.2, -0.15) is 0 Å². The zero-order valence-corrected chi connectivity index (χ0v) is 21.9. The average molecular weight is 526 g/mol. The molecule has 33 heavy (non-hydrogen) atoms. The van der Waals surface area contributed by atoms with Crippen molar-refractivity contribution in [3.63, 3.8) is 0 Å². The van der Waals surface area contributed by atoms with E-state index in [4.69, 9.17) is 0 Å². The van der Waals surface area contributed by atoms with E-state index >= 15 is 0 Å². The summed E-state index contributed by atoms with van der Waals surface area (Å²) in [7, 11) is 1.98. The Bertz CT molecular complexity index is 741. The molecule has 2 saturated heterocycles. The van der Waals surface area contributed by atoms with E-state index in [2.05, 4.69) is 45.7 Å². The number of hydrogen-bond donors (Lipinski definition) is 3. The average Bonchev–Trinajstić information content (AvgIpc) is 2.78. The van der Waals surface area contributed by atoms with Crippen LogP contribution >= 0.6 is 15.9 Å². The van der Waals surface area contributed by atoms with Crippen molar-refractivity contribution in [1.82, 2.24) is 20.9 Å². The maximum Gasteiger partial charge on any atom is 0.321 e. The number of hydrogen-bond acceptors (Lipinski definition) is 4. The molecule has 4 rings (SSSR count). The normalized spacial score (nSPS) is 41.8. The SMILES string of the molecule is CC1CC2C(CN1)CC(C1CC(NC(=O)NC(=O)C3CCC(Br)CC3)CCC1C)C(=O)N2C. The van der Waals surface area contributed by atoms with Gasteiger partial charge in [-0.25, -0.2) is 4.79 Å². The zero-order chi connectivity index (χ0) is 23.7. The number of likely N-dealkylation sites (tertiary alicyclic amines) is 1. The molecular weight excluding hydrogens is 484 g/mol. The number of carbonyl (C=O) groups is 3. The summed E-state index contributed by atoms with van der Waals surface area (Å²) in [4.78, 5) is 41.0. The molecule has 7 atom stereocenters. The van der Waals surface area contributed by atoms with E-state index in [0.717, 1.165) is 64.3 Å². The Morgan fingerprint density at radius 2 is 1.76 bits per heavy atom. The van der Waals surface area contributed by atoms with Gasteiger partial charge >= 0.3 is 6.03 Å². The number of rotatable bonds is 3. The van der Waals surface area contributed by atoms with Crippen LogP contribution in [-0.2, 0) is 9.59 Å². The maximum atomic E-state index is 13.4. The molecule has 0 aromatic heterocycles. The van der Waals surface area contributed by atoms with Crippen LogP contribution in [0.5, 0.6) is 0 Å². The molecule has 4 fully saturated rings. The summed E-state index contributed by atoms with van der Waals surface area (Å²) in [6.07, 6.45) is 8.26. The van der Waals surface area contributed by atoms with Gasteiger partial charge in [-0.15, -0.1) is 0 Å². The fourth-order valence-electron chi connectivity index (χ4n) is 6.85. The molecule has 2 heterocycles. The van der Waals surface area contributed by atoms with Crippen LogP contribution in [0.1, 0.15) is 71.6 Å². The first-order valence-electron chi connectivity index (χ1n) is 13.0. The minimum absolute atomic E-state index is 0.0117. The summed E-state index contributed by atoms with van der Waals surface area (Å²) in [6.45, 7) is 5.43. The summed E-state index contributed by atoms with van der Waals surface area (Å²) in [5.41, 5.74) is 0. The molecule has 2 saturated carbocycles. The first-order chi connectivity index (χ1) is 15.7. The molecule has 0 spiro atoms. The molecule has 3 N–H and O–H groups in total. The van der Waals surface area contributed by atoms with Gasteiger partial charge in [-0.1, -0.05) is 22.9 Å². The highest BCUT2D eigenvalue weighted by Gasteiger charge is 2.47. The topological polar surface area (TPSA) is 90.5 Å². The van der Waals surface area contributed by atoms with E-state index in [1.165, 1.54) is 0 Å². The van der Waals surface area contributed by atoms with Gasteiger partial charge in [0.15, 0.2) is 0 Å². The van der Waals surface area contributed by atoms with Crippen molar-refractivity contribution < 1.29 is 14.4 Å². The highest BCUT2D eigenvalue weighted by molar-refractivity contribution is 9.09. The van der Waals surface area contributed by atoms with E-state index in [1.54, 1.807) is 0 Å². The number of amides is 4. The van der Waals surface area contributed by atoms with E-state index in [0.29, 0.717) is 28.7 Å². The van der Waals surface area contributed by atoms with Gasteiger partial charge in [0.25, 0.3) is 0 Å². The number of fused-ring (bicyclic) bond motifs is 1. The van der Waals surface area contributed by atoms with Crippen molar-refractivity contribution in [3.8, 4) is 0 Å². The number of urea groups is 1. The summed E-state index contributed by atoms with van der Waals surface area (Å²) in [5.74, 6) is 1.32. The predicted octanol–water partition coefficient (Wildman–Crippen LogP) is 3.42. The number of alkyl halides is 1. The molecule has 0 radical (unpaired) electrons. The smallest absolute Gasteiger partial charge is 0.321 e. The molecular formula is C25H41BrN4O3. The van der Waals surface area contributed by atoms with Crippen LogP contribution in [0.2, 0.25) is 0 Å². The second-order valence-electron chi connectivity index (χ2n) is 11.2.